The lowest BCUT2D eigenvalue weighted by atomic mass is 10.2. The second-order valence-electron chi connectivity index (χ2n) is 4.94. The van der Waals surface area contributed by atoms with Gasteiger partial charge in [0.1, 0.15) is 17.7 Å². The van der Waals surface area contributed by atoms with Gasteiger partial charge in [-0.2, -0.15) is 0 Å². The van der Waals surface area contributed by atoms with Gasteiger partial charge >= 0.3 is 5.97 Å². The molecule has 110 valence electrons. The van der Waals surface area contributed by atoms with E-state index in [0.29, 0.717) is 44.2 Å². The number of aromatic nitrogens is 2. The fraction of sp³-hybridized carbons (Fsp3) is 0.615. The maximum Gasteiger partial charge on any atom is 0.320 e. The number of carbonyl (C=O) groups is 1. The lowest BCUT2D eigenvalue weighted by Gasteiger charge is -2.37. The Kier molecular flexibility index (Phi) is 4.39. The molecule has 7 nitrogen and oxygen atoms in total. The van der Waals surface area contributed by atoms with Gasteiger partial charge in [-0.25, -0.2) is 4.98 Å². The highest BCUT2D eigenvalue weighted by atomic mass is 16.4. The van der Waals surface area contributed by atoms with Crippen molar-refractivity contribution in [2.75, 3.05) is 31.1 Å². The second kappa shape index (κ2) is 6.04. The van der Waals surface area contributed by atoms with Gasteiger partial charge in [0.05, 0.1) is 0 Å². The van der Waals surface area contributed by atoms with Crippen LogP contribution in [0.4, 0.5) is 5.82 Å². The number of anilines is 1. The zero-order chi connectivity index (χ0) is 14.7. The molecule has 0 bridgehead atoms. The Bertz CT molecular complexity index is 535. The number of aromatic amines is 1. The summed E-state index contributed by atoms with van der Waals surface area (Å²) in [6.07, 6.45) is 0.680. The van der Waals surface area contributed by atoms with Crippen molar-refractivity contribution in [1.82, 2.24) is 14.9 Å². The Hall–Kier alpha value is -1.89. The molecule has 0 spiro atoms. The van der Waals surface area contributed by atoms with Crippen molar-refractivity contribution < 1.29 is 9.90 Å². The number of carboxylic acid groups (broad SMARTS) is 1. The van der Waals surface area contributed by atoms with E-state index >= 15 is 0 Å². The summed E-state index contributed by atoms with van der Waals surface area (Å²) < 4.78 is 0. The van der Waals surface area contributed by atoms with Crippen LogP contribution in [0.3, 0.4) is 0 Å². The van der Waals surface area contributed by atoms with Gasteiger partial charge < -0.3 is 15.0 Å². The monoisotopic (exact) mass is 280 g/mol. The highest BCUT2D eigenvalue weighted by Gasteiger charge is 2.25. The molecule has 1 saturated heterocycles. The zero-order valence-electron chi connectivity index (χ0n) is 11.8. The summed E-state index contributed by atoms with van der Waals surface area (Å²) >= 11 is 0. The van der Waals surface area contributed by atoms with Crippen molar-refractivity contribution in [3.8, 4) is 0 Å². The molecular weight excluding hydrogens is 260 g/mol. The van der Waals surface area contributed by atoms with Crippen molar-refractivity contribution >= 4 is 11.8 Å². The van der Waals surface area contributed by atoms with E-state index in [-0.39, 0.29) is 5.56 Å². The summed E-state index contributed by atoms with van der Waals surface area (Å²) in [4.78, 5) is 33.6. The van der Waals surface area contributed by atoms with E-state index < -0.39 is 12.0 Å². The molecule has 1 aromatic heterocycles. The van der Waals surface area contributed by atoms with Crippen molar-refractivity contribution in [1.29, 1.82) is 0 Å². The molecule has 1 fully saturated rings. The van der Waals surface area contributed by atoms with E-state index in [0.717, 1.165) is 0 Å². The van der Waals surface area contributed by atoms with E-state index in [9.17, 15) is 9.59 Å². The fourth-order valence-electron chi connectivity index (χ4n) is 2.32. The number of hydrogen-bond donors (Lipinski definition) is 2. The first kappa shape index (κ1) is 14.5. The fourth-order valence-corrected chi connectivity index (χ4v) is 2.32. The van der Waals surface area contributed by atoms with E-state index in [1.807, 2.05) is 16.7 Å². The number of rotatable bonds is 4. The van der Waals surface area contributed by atoms with Crippen LogP contribution in [0.5, 0.6) is 0 Å². The van der Waals surface area contributed by atoms with Gasteiger partial charge in [-0.3, -0.25) is 14.5 Å². The molecule has 0 radical (unpaired) electrons. The van der Waals surface area contributed by atoms with Crippen LogP contribution in [-0.4, -0.2) is 58.2 Å². The van der Waals surface area contributed by atoms with E-state index in [2.05, 4.69) is 9.97 Å². The summed E-state index contributed by atoms with van der Waals surface area (Å²) in [7, 11) is 0. The molecule has 2 N–H and O–H groups in total. The minimum atomic E-state index is -0.805. The average molecular weight is 280 g/mol. The minimum Gasteiger partial charge on any atom is -0.480 e. The van der Waals surface area contributed by atoms with E-state index in [4.69, 9.17) is 5.11 Å². The van der Waals surface area contributed by atoms with Crippen LogP contribution in [0.2, 0.25) is 0 Å². The number of piperazine rings is 1. The summed E-state index contributed by atoms with van der Waals surface area (Å²) in [6, 6.07) is 1.02. The first-order valence-corrected chi connectivity index (χ1v) is 6.83. The minimum absolute atomic E-state index is 0.145. The number of aryl methyl sites for hydroxylation is 1. The van der Waals surface area contributed by atoms with Crippen molar-refractivity contribution in [2.24, 2.45) is 0 Å². The second-order valence-corrected chi connectivity index (χ2v) is 4.94. The van der Waals surface area contributed by atoms with Crippen LogP contribution in [-0.2, 0) is 11.2 Å². The van der Waals surface area contributed by atoms with Crippen LogP contribution < -0.4 is 10.5 Å². The number of aliphatic carboxylic acids is 1. The van der Waals surface area contributed by atoms with E-state index in [1.54, 1.807) is 6.92 Å². The lowest BCUT2D eigenvalue weighted by Crippen LogP contribution is -2.52. The van der Waals surface area contributed by atoms with Crippen molar-refractivity contribution in [3.05, 3.63) is 22.2 Å². The molecule has 0 aliphatic carbocycles. The SMILES string of the molecule is CCc1nc(N2CCN(C(C)C(=O)O)CC2)cc(=O)[nH]1. The van der Waals surface area contributed by atoms with Crippen LogP contribution in [0.25, 0.3) is 0 Å². The number of carboxylic acids is 1. The van der Waals surface area contributed by atoms with Crippen LogP contribution in [0, 0.1) is 0 Å². The van der Waals surface area contributed by atoms with Crippen LogP contribution in [0.1, 0.15) is 19.7 Å². The van der Waals surface area contributed by atoms with Crippen LogP contribution in [0.15, 0.2) is 10.9 Å². The Morgan fingerprint density at radius 1 is 1.45 bits per heavy atom. The Labute approximate surface area is 117 Å². The molecule has 1 aliphatic heterocycles. The molecule has 1 aliphatic rings. The standard InChI is InChI=1S/C13H20N4O3/c1-3-10-14-11(8-12(18)15-10)17-6-4-16(5-7-17)9(2)13(19)20/h8-9H,3-7H2,1-2H3,(H,19,20)(H,14,15,18). The third kappa shape index (κ3) is 3.16. The molecule has 2 rings (SSSR count). The first-order valence-electron chi connectivity index (χ1n) is 6.83. The van der Waals surface area contributed by atoms with Gasteiger partial charge in [-0.1, -0.05) is 6.92 Å². The molecule has 0 saturated carbocycles. The molecule has 1 unspecified atom stereocenters. The lowest BCUT2D eigenvalue weighted by molar-refractivity contribution is -0.142. The Morgan fingerprint density at radius 3 is 2.65 bits per heavy atom. The third-order valence-corrected chi connectivity index (χ3v) is 3.66. The number of hydrogen-bond acceptors (Lipinski definition) is 5. The van der Waals surface area contributed by atoms with Gasteiger partial charge in [-0.05, 0) is 6.92 Å². The largest absolute Gasteiger partial charge is 0.480 e. The molecule has 0 amide bonds. The van der Waals surface area contributed by atoms with Crippen molar-refractivity contribution in [2.45, 2.75) is 26.3 Å². The Morgan fingerprint density at radius 2 is 2.10 bits per heavy atom. The predicted molar refractivity (Wildman–Crippen MR) is 75.1 cm³/mol. The summed E-state index contributed by atoms with van der Waals surface area (Å²) in [6.45, 7) is 6.30. The normalized spacial score (nSPS) is 18.0. The smallest absolute Gasteiger partial charge is 0.320 e. The maximum absolute atomic E-state index is 11.6. The van der Waals surface area contributed by atoms with Crippen molar-refractivity contribution in [3.63, 3.8) is 0 Å². The highest BCUT2D eigenvalue weighted by molar-refractivity contribution is 5.72. The van der Waals surface area contributed by atoms with Gasteiger partial charge in [0, 0.05) is 38.7 Å². The quantitative estimate of drug-likeness (QED) is 0.802. The van der Waals surface area contributed by atoms with E-state index in [1.165, 1.54) is 6.07 Å². The predicted octanol–water partition coefficient (Wildman–Crippen LogP) is -0.0726. The highest BCUT2D eigenvalue weighted by Crippen LogP contribution is 2.13. The molecular formula is C13H20N4O3. The zero-order valence-corrected chi connectivity index (χ0v) is 11.8. The molecule has 20 heavy (non-hydrogen) atoms. The van der Waals surface area contributed by atoms with Crippen LogP contribution >= 0.6 is 0 Å². The summed E-state index contributed by atoms with van der Waals surface area (Å²) in [5.41, 5.74) is -0.145. The maximum atomic E-state index is 11.6. The summed E-state index contributed by atoms with van der Waals surface area (Å²) in [5, 5.41) is 9.01. The molecule has 1 aromatic rings. The topological polar surface area (TPSA) is 89.5 Å². The average Bonchev–Trinajstić information content (AvgIpc) is 2.45. The molecule has 0 aromatic carbocycles. The summed E-state index contributed by atoms with van der Waals surface area (Å²) in [5.74, 6) is 0.545. The van der Waals surface area contributed by atoms with Gasteiger partial charge in [0.15, 0.2) is 0 Å². The van der Waals surface area contributed by atoms with Gasteiger partial charge in [0.2, 0.25) is 0 Å². The molecule has 7 heteroatoms. The first-order chi connectivity index (χ1) is 9.51. The number of nitrogens with zero attached hydrogens (tertiary/aromatic N) is 3. The van der Waals surface area contributed by atoms with Gasteiger partial charge in [-0.15, -0.1) is 0 Å². The van der Waals surface area contributed by atoms with Gasteiger partial charge in [0.25, 0.3) is 5.56 Å². The third-order valence-electron chi connectivity index (χ3n) is 3.66. The number of H-pyrrole nitrogens is 1. The molecule has 2 heterocycles. The Balaban J connectivity index is 2.05. The number of nitrogens with one attached hydrogen (secondary N) is 1. The molecule has 1 atom stereocenters.